The summed E-state index contributed by atoms with van der Waals surface area (Å²) in [4.78, 5) is 2.06. The van der Waals surface area contributed by atoms with Crippen LogP contribution < -0.4 is 15.0 Å². The fraction of sp³-hybridized carbons (Fsp3) is 0.571. The van der Waals surface area contributed by atoms with Crippen LogP contribution in [0.1, 0.15) is 6.42 Å². The molecule has 1 aromatic carbocycles. The first-order valence-electron chi connectivity index (χ1n) is 6.68. The zero-order chi connectivity index (χ0) is 13.5. The Morgan fingerprint density at radius 1 is 1.26 bits per heavy atom. The number of benzene rings is 1. The van der Waals surface area contributed by atoms with Crippen molar-refractivity contribution in [2.75, 3.05) is 51.4 Å². The van der Waals surface area contributed by atoms with E-state index in [4.69, 9.17) is 9.47 Å². The van der Waals surface area contributed by atoms with Gasteiger partial charge in [-0.05, 0) is 12.1 Å². The van der Waals surface area contributed by atoms with Gasteiger partial charge < -0.3 is 19.7 Å². The highest BCUT2D eigenvalue weighted by Crippen LogP contribution is 2.24. The van der Waals surface area contributed by atoms with Crippen LogP contribution in [0.15, 0.2) is 18.2 Å². The Labute approximate surface area is 113 Å². The number of halogens is 1. The molecule has 0 amide bonds. The van der Waals surface area contributed by atoms with E-state index in [1.165, 1.54) is 6.07 Å². The van der Waals surface area contributed by atoms with Gasteiger partial charge in [-0.3, -0.25) is 0 Å². The molecule has 1 aromatic rings. The molecule has 1 heterocycles. The predicted molar refractivity (Wildman–Crippen MR) is 73.5 cm³/mol. The third-order valence-corrected chi connectivity index (χ3v) is 3.14. The molecule has 0 spiro atoms. The lowest BCUT2D eigenvalue weighted by Gasteiger charge is -2.29. The Morgan fingerprint density at radius 3 is 2.74 bits per heavy atom. The molecule has 1 aliphatic rings. The van der Waals surface area contributed by atoms with Gasteiger partial charge in [0.25, 0.3) is 0 Å². The van der Waals surface area contributed by atoms with Crippen LogP contribution in [0, 0.1) is 5.82 Å². The summed E-state index contributed by atoms with van der Waals surface area (Å²) in [5.41, 5.74) is 0.658. The van der Waals surface area contributed by atoms with E-state index < -0.39 is 0 Å². The van der Waals surface area contributed by atoms with Gasteiger partial charge in [-0.25, -0.2) is 4.39 Å². The second-order valence-electron chi connectivity index (χ2n) is 4.55. The van der Waals surface area contributed by atoms with Gasteiger partial charge in [0.1, 0.15) is 11.6 Å². The molecular formula is C14H21FN2O2. The Bertz CT molecular complexity index is 395. The van der Waals surface area contributed by atoms with Crippen molar-refractivity contribution in [3.63, 3.8) is 0 Å². The third kappa shape index (κ3) is 4.08. The van der Waals surface area contributed by atoms with Crippen LogP contribution in [0.5, 0.6) is 5.75 Å². The molecule has 5 heteroatoms. The second kappa shape index (κ2) is 7.31. The fourth-order valence-electron chi connectivity index (χ4n) is 2.13. The quantitative estimate of drug-likeness (QED) is 0.795. The van der Waals surface area contributed by atoms with E-state index >= 15 is 0 Å². The van der Waals surface area contributed by atoms with E-state index in [9.17, 15) is 4.39 Å². The number of rotatable bonds is 6. The van der Waals surface area contributed by atoms with Gasteiger partial charge in [0.05, 0.1) is 12.3 Å². The van der Waals surface area contributed by atoms with Crippen molar-refractivity contribution < 1.29 is 13.9 Å². The standard InChI is InChI=1S/C14H21FN2O2/c1-18-9-2-10-19-12-3-4-14(13(15)11-12)17-7-5-16-6-8-17/h3-4,11,16H,2,5-10H2,1H3. The Morgan fingerprint density at radius 2 is 2.05 bits per heavy atom. The summed E-state index contributed by atoms with van der Waals surface area (Å²) < 4.78 is 24.5. The van der Waals surface area contributed by atoms with Crippen LogP contribution >= 0.6 is 0 Å². The Balaban J connectivity index is 1.92. The number of methoxy groups -OCH3 is 1. The molecule has 4 nitrogen and oxygen atoms in total. The zero-order valence-corrected chi connectivity index (χ0v) is 11.3. The van der Waals surface area contributed by atoms with Gasteiger partial charge in [-0.2, -0.15) is 0 Å². The summed E-state index contributed by atoms with van der Waals surface area (Å²) in [6, 6.07) is 5.09. The molecule has 0 unspecified atom stereocenters. The number of anilines is 1. The van der Waals surface area contributed by atoms with Crippen LogP contribution in [-0.4, -0.2) is 46.5 Å². The first-order valence-corrected chi connectivity index (χ1v) is 6.68. The number of hydrogen-bond donors (Lipinski definition) is 1. The molecular weight excluding hydrogens is 247 g/mol. The van der Waals surface area contributed by atoms with Crippen LogP contribution in [0.4, 0.5) is 10.1 Å². The number of hydrogen-bond acceptors (Lipinski definition) is 4. The molecule has 0 radical (unpaired) electrons. The molecule has 19 heavy (non-hydrogen) atoms. The molecule has 0 atom stereocenters. The van der Waals surface area contributed by atoms with Crippen molar-refractivity contribution in [3.8, 4) is 5.75 Å². The van der Waals surface area contributed by atoms with Crippen molar-refractivity contribution in [1.82, 2.24) is 5.32 Å². The maximum absolute atomic E-state index is 14.0. The first-order chi connectivity index (χ1) is 9.31. The van der Waals surface area contributed by atoms with Crippen molar-refractivity contribution in [2.45, 2.75) is 6.42 Å². The number of nitrogens with zero attached hydrogens (tertiary/aromatic N) is 1. The normalized spacial score (nSPS) is 15.6. The van der Waals surface area contributed by atoms with Crippen molar-refractivity contribution in [2.24, 2.45) is 0 Å². The van der Waals surface area contributed by atoms with Gasteiger partial charge in [-0.1, -0.05) is 0 Å². The topological polar surface area (TPSA) is 33.7 Å². The Kier molecular flexibility index (Phi) is 5.42. The average molecular weight is 268 g/mol. The van der Waals surface area contributed by atoms with Gasteiger partial charge in [0.2, 0.25) is 0 Å². The largest absolute Gasteiger partial charge is 0.493 e. The van der Waals surface area contributed by atoms with Crippen LogP contribution in [0.25, 0.3) is 0 Å². The molecule has 0 bridgehead atoms. The zero-order valence-electron chi connectivity index (χ0n) is 11.3. The molecule has 0 aliphatic carbocycles. The SMILES string of the molecule is COCCCOc1ccc(N2CCNCC2)c(F)c1. The summed E-state index contributed by atoms with van der Waals surface area (Å²) >= 11 is 0. The molecule has 1 saturated heterocycles. The molecule has 0 aromatic heterocycles. The third-order valence-electron chi connectivity index (χ3n) is 3.14. The van der Waals surface area contributed by atoms with Gasteiger partial charge >= 0.3 is 0 Å². The highest BCUT2D eigenvalue weighted by atomic mass is 19.1. The van der Waals surface area contributed by atoms with Crippen LogP contribution in [-0.2, 0) is 4.74 Å². The highest BCUT2D eigenvalue weighted by Gasteiger charge is 2.14. The smallest absolute Gasteiger partial charge is 0.150 e. The molecule has 0 saturated carbocycles. The summed E-state index contributed by atoms with van der Waals surface area (Å²) in [7, 11) is 1.65. The summed E-state index contributed by atoms with van der Waals surface area (Å²) in [6.45, 7) is 4.67. The van der Waals surface area contributed by atoms with E-state index in [1.807, 2.05) is 6.07 Å². The maximum atomic E-state index is 14.0. The molecule has 1 fully saturated rings. The minimum atomic E-state index is -0.217. The van der Waals surface area contributed by atoms with Crippen LogP contribution in [0.3, 0.4) is 0 Å². The van der Waals surface area contributed by atoms with E-state index in [2.05, 4.69) is 10.2 Å². The van der Waals surface area contributed by atoms with E-state index in [0.717, 1.165) is 32.6 Å². The lowest BCUT2D eigenvalue weighted by molar-refractivity contribution is 0.172. The fourth-order valence-corrected chi connectivity index (χ4v) is 2.13. The maximum Gasteiger partial charge on any atom is 0.150 e. The van der Waals surface area contributed by atoms with Gasteiger partial charge in [0.15, 0.2) is 0 Å². The number of nitrogens with one attached hydrogen (secondary N) is 1. The van der Waals surface area contributed by atoms with Crippen molar-refractivity contribution in [1.29, 1.82) is 0 Å². The monoisotopic (exact) mass is 268 g/mol. The van der Waals surface area contributed by atoms with Crippen LogP contribution in [0.2, 0.25) is 0 Å². The number of ether oxygens (including phenoxy) is 2. The highest BCUT2D eigenvalue weighted by molar-refractivity contribution is 5.51. The predicted octanol–water partition coefficient (Wildman–Crippen LogP) is 1.65. The van der Waals surface area contributed by atoms with Crippen molar-refractivity contribution >= 4 is 5.69 Å². The summed E-state index contributed by atoms with van der Waals surface area (Å²) in [5, 5.41) is 3.25. The van der Waals surface area contributed by atoms with E-state index in [1.54, 1.807) is 13.2 Å². The second-order valence-corrected chi connectivity index (χ2v) is 4.55. The first kappa shape index (κ1) is 14.1. The lowest BCUT2D eigenvalue weighted by atomic mass is 10.2. The molecule has 2 rings (SSSR count). The van der Waals surface area contributed by atoms with Gasteiger partial charge in [-0.15, -0.1) is 0 Å². The summed E-state index contributed by atoms with van der Waals surface area (Å²) in [6.07, 6.45) is 0.803. The summed E-state index contributed by atoms with van der Waals surface area (Å²) in [5.74, 6) is 0.360. The lowest BCUT2D eigenvalue weighted by Crippen LogP contribution is -2.43. The minimum absolute atomic E-state index is 0.217. The number of piperazine rings is 1. The molecule has 106 valence electrons. The molecule has 1 N–H and O–H groups in total. The van der Waals surface area contributed by atoms with E-state index in [-0.39, 0.29) is 5.82 Å². The molecule has 1 aliphatic heterocycles. The minimum Gasteiger partial charge on any atom is -0.493 e. The van der Waals surface area contributed by atoms with Gasteiger partial charge in [0, 0.05) is 52.4 Å². The van der Waals surface area contributed by atoms with E-state index in [0.29, 0.717) is 24.7 Å². The Hall–Kier alpha value is -1.33. The average Bonchev–Trinajstić information content (AvgIpc) is 2.45. The van der Waals surface area contributed by atoms with Crippen molar-refractivity contribution in [3.05, 3.63) is 24.0 Å².